The summed E-state index contributed by atoms with van der Waals surface area (Å²) in [6.45, 7) is 8.61. The monoisotopic (exact) mass is 258 g/mol. The summed E-state index contributed by atoms with van der Waals surface area (Å²) >= 11 is 4.97. The molecule has 0 saturated carbocycles. The van der Waals surface area contributed by atoms with Crippen LogP contribution in [-0.2, 0) is 4.79 Å². The highest BCUT2D eigenvalue weighted by atomic mass is 32.1. The Morgan fingerprint density at radius 3 is 2.41 bits per heavy atom. The van der Waals surface area contributed by atoms with Crippen LogP contribution in [0.5, 0.6) is 0 Å². The highest BCUT2D eigenvalue weighted by Crippen LogP contribution is 2.16. The van der Waals surface area contributed by atoms with Gasteiger partial charge < -0.3 is 11.1 Å². The zero-order valence-electron chi connectivity index (χ0n) is 11.5. The van der Waals surface area contributed by atoms with Gasteiger partial charge in [0.2, 0.25) is 5.91 Å². The third kappa shape index (κ3) is 6.01. The van der Waals surface area contributed by atoms with Crippen LogP contribution in [0.2, 0.25) is 0 Å². The van der Waals surface area contributed by atoms with Crippen molar-refractivity contribution in [2.45, 2.75) is 53.4 Å². The molecule has 0 rings (SSSR count). The molecule has 17 heavy (non-hydrogen) atoms. The van der Waals surface area contributed by atoms with E-state index in [-0.39, 0.29) is 17.2 Å². The van der Waals surface area contributed by atoms with Crippen molar-refractivity contribution in [1.29, 1.82) is 0 Å². The van der Waals surface area contributed by atoms with Crippen LogP contribution in [0, 0.1) is 11.3 Å². The van der Waals surface area contributed by atoms with Crippen molar-refractivity contribution in [1.82, 2.24) is 5.32 Å². The van der Waals surface area contributed by atoms with E-state index >= 15 is 0 Å². The van der Waals surface area contributed by atoms with E-state index in [9.17, 15) is 4.79 Å². The molecule has 1 atom stereocenters. The van der Waals surface area contributed by atoms with Gasteiger partial charge in [-0.15, -0.1) is 0 Å². The van der Waals surface area contributed by atoms with Crippen molar-refractivity contribution in [3.8, 4) is 0 Å². The summed E-state index contributed by atoms with van der Waals surface area (Å²) in [5.41, 5.74) is 5.31. The molecule has 0 bridgehead atoms. The lowest BCUT2D eigenvalue weighted by atomic mass is 9.92. The van der Waals surface area contributed by atoms with Gasteiger partial charge in [-0.2, -0.15) is 0 Å². The largest absolute Gasteiger partial charge is 0.393 e. The van der Waals surface area contributed by atoms with Crippen LogP contribution < -0.4 is 11.1 Å². The summed E-state index contributed by atoms with van der Waals surface area (Å²) in [6.07, 6.45) is 4.08. The molecule has 0 aromatic carbocycles. The Bertz CT molecular complexity index is 264. The number of amides is 1. The summed E-state index contributed by atoms with van der Waals surface area (Å²) in [5.74, 6) is 0.252. The predicted octanol–water partition coefficient (Wildman–Crippen LogP) is 2.63. The summed E-state index contributed by atoms with van der Waals surface area (Å²) in [5, 5.41) is 2.96. The quantitative estimate of drug-likeness (QED) is 0.658. The zero-order valence-corrected chi connectivity index (χ0v) is 12.3. The Labute approximate surface area is 111 Å². The lowest BCUT2D eigenvalue weighted by molar-refractivity contribution is -0.125. The van der Waals surface area contributed by atoms with Gasteiger partial charge in [0.1, 0.15) is 0 Å². The van der Waals surface area contributed by atoms with E-state index in [2.05, 4.69) is 19.2 Å². The number of rotatable bonds is 8. The van der Waals surface area contributed by atoms with Crippen molar-refractivity contribution in [2.24, 2.45) is 17.1 Å². The molecule has 0 aromatic rings. The Hall–Kier alpha value is -0.640. The van der Waals surface area contributed by atoms with E-state index in [1.165, 1.54) is 0 Å². The van der Waals surface area contributed by atoms with E-state index in [1.54, 1.807) is 0 Å². The molecule has 0 aliphatic carbocycles. The molecule has 0 saturated heterocycles. The van der Waals surface area contributed by atoms with Crippen LogP contribution in [0.15, 0.2) is 0 Å². The lowest BCUT2D eigenvalue weighted by Crippen LogP contribution is -2.43. The zero-order chi connectivity index (χ0) is 13.5. The fourth-order valence-corrected chi connectivity index (χ4v) is 1.58. The number of carbonyl (C=O) groups excluding carboxylic acids is 1. The van der Waals surface area contributed by atoms with Gasteiger partial charge >= 0.3 is 0 Å². The van der Waals surface area contributed by atoms with E-state index in [0.717, 1.165) is 25.7 Å². The molecular formula is C13H26N2OS. The molecule has 0 spiro atoms. The molecule has 1 unspecified atom stereocenters. The molecule has 0 aliphatic heterocycles. The summed E-state index contributed by atoms with van der Waals surface area (Å²) < 4.78 is 0. The first-order valence-electron chi connectivity index (χ1n) is 6.42. The second-order valence-electron chi connectivity index (χ2n) is 5.21. The molecule has 0 aromatic heterocycles. The van der Waals surface area contributed by atoms with Crippen molar-refractivity contribution >= 4 is 23.1 Å². The minimum absolute atomic E-state index is 0.122. The normalized spacial score (nSPS) is 13.2. The predicted molar refractivity (Wildman–Crippen MR) is 76.9 cm³/mol. The van der Waals surface area contributed by atoms with Crippen LogP contribution in [0.1, 0.15) is 53.4 Å². The third-order valence-electron chi connectivity index (χ3n) is 3.14. The number of unbranched alkanes of at least 4 members (excludes halogenated alkanes) is 1. The molecule has 3 nitrogen and oxygen atoms in total. The average molecular weight is 258 g/mol. The standard InChI is InChI=1S/C13H26N2OS/c1-5-7-8-10(6-2)11(16)15-9-13(3,4)12(14)17/h10H,5-9H2,1-4H3,(H2,14,17)(H,15,16). The van der Waals surface area contributed by atoms with Crippen LogP contribution in [0.4, 0.5) is 0 Å². The van der Waals surface area contributed by atoms with Crippen LogP contribution >= 0.6 is 12.2 Å². The second kappa shape index (κ2) is 7.64. The molecule has 3 N–H and O–H groups in total. The number of hydrogen-bond acceptors (Lipinski definition) is 2. The molecule has 0 radical (unpaired) electrons. The van der Waals surface area contributed by atoms with Crippen LogP contribution in [0.25, 0.3) is 0 Å². The van der Waals surface area contributed by atoms with E-state index in [4.69, 9.17) is 18.0 Å². The minimum Gasteiger partial charge on any atom is -0.393 e. The topological polar surface area (TPSA) is 55.1 Å². The molecular weight excluding hydrogens is 232 g/mol. The Morgan fingerprint density at radius 2 is 2.00 bits per heavy atom. The summed E-state index contributed by atoms with van der Waals surface area (Å²) in [7, 11) is 0. The smallest absolute Gasteiger partial charge is 0.223 e. The van der Waals surface area contributed by atoms with Gasteiger partial charge in [-0.3, -0.25) is 4.79 Å². The van der Waals surface area contributed by atoms with Crippen molar-refractivity contribution in [2.75, 3.05) is 6.54 Å². The fraction of sp³-hybridized carbons (Fsp3) is 0.846. The summed E-state index contributed by atoms with van der Waals surface area (Å²) in [4.78, 5) is 12.4. The lowest BCUT2D eigenvalue weighted by Gasteiger charge is -2.25. The molecule has 0 aliphatic rings. The maximum absolute atomic E-state index is 12.0. The molecule has 100 valence electrons. The third-order valence-corrected chi connectivity index (χ3v) is 3.69. The second-order valence-corrected chi connectivity index (χ2v) is 5.65. The number of thiocarbonyl (C=S) groups is 1. The first kappa shape index (κ1) is 16.4. The SMILES string of the molecule is CCCCC(CC)C(=O)NCC(C)(C)C(N)=S. The molecule has 0 heterocycles. The van der Waals surface area contributed by atoms with Gasteiger partial charge in [0.05, 0.1) is 4.99 Å². The summed E-state index contributed by atoms with van der Waals surface area (Å²) in [6, 6.07) is 0. The van der Waals surface area contributed by atoms with Crippen molar-refractivity contribution < 1.29 is 4.79 Å². The van der Waals surface area contributed by atoms with Gasteiger partial charge in [0, 0.05) is 17.9 Å². The average Bonchev–Trinajstić information content (AvgIpc) is 2.27. The minimum atomic E-state index is -0.311. The van der Waals surface area contributed by atoms with Gasteiger partial charge in [-0.1, -0.05) is 52.8 Å². The first-order chi connectivity index (χ1) is 7.85. The fourth-order valence-electron chi connectivity index (χ4n) is 1.51. The maximum Gasteiger partial charge on any atom is 0.223 e. The van der Waals surface area contributed by atoms with E-state index in [0.29, 0.717) is 11.5 Å². The van der Waals surface area contributed by atoms with Crippen molar-refractivity contribution in [3.63, 3.8) is 0 Å². The van der Waals surface area contributed by atoms with Crippen molar-refractivity contribution in [3.05, 3.63) is 0 Å². The van der Waals surface area contributed by atoms with E-state index < -0.39 is 0 Å². The van der Waals surface area contributed by atoms with Crippen LogP contribution in [-0.4, -0.2) is 17.4 Å². The van der Waals surface area contributed by atoms with Gasteiger partial charge in [0.25, 0.3) is 0 Å². The highest BCUT2D eigenvalue weighted by molar-refractivity contribution is 7.80. The maximum atomic E-state index is 12.0. The molecule has 4 heteroatoms. The Morgan fingerprint density at radius 1 is 1.41 bits per heavy atom. The first-order valence-corrected chi connectivity index (χ1v) is 6.83. The van der Waals surface area contributed by atoms with E-state index in [1.807, 2.05) is 13.8 Å². The number of carbonyl (C=O) groups is 1. The van der Waals surface area contributed by atoms with Gasteiger partial charge in [-0.05, 0) is 12.8 Å². The Balaban J connectivity index is 4.19. The van der Waals surface area contributed by atoms with Gasteiger partial charge in [0.15, 0.2) is 0 Å². The number of nitrogens with two attached hydrogens (primary N) is 1. The number of hydrogen-bond donors (Lipinski definition) is 2. The molecule has 1 amide bonds. The van der Waals surface area contributed by atoms with Crippen LogP contribution in [0.3, 0.4) is 0 Å². The highest BCUT2D eigenvalue weighted by Gasteiger charge is 2.24. The Kier molecular flexibility index (Phi) is 7.35. The number of nitrogens with one attached hydrogen (secondary N) is 1. The van der Waals surface area contributed by atoms with Gasteiger partial charge in [-0.25, -0.2) is 0 Å². The molecule has 0 fully saturated rings.